The summed E-state index contributed by atoms with van der Waals surface area (Å²) in [6.45, 7) is -0.529. The molecule has 1 aliphatic heterocycles. The van der Waals surface area contributed by atoms with Gasteiger partial charge in [-0.1, -0.05) is 6.07 Å². The van der Waals surface area contributed by atoms with E-state index in [9.17, 15) is 22.8 Å². The lowest BCUT2D eigenvalue weighted by Gasteiger charge is -2.33. The monoisotopic (exact) mass is 363 g/mol. The van der Waals surface area contributed by atoms with Crippen molar-refractivity contribution in [2.45, 2.75) is 25.1 Å². The first kappa shape index (κ1) is 18.7. The number of thiophene rings is 1. The standard InChI is InChI=1S/C15H20F3N3O2S/c1-20(14(23)12-5-3-7-24-12)9-13(22)19-11-4-2-6-21(8-11)10-15(16,17)18/h3,5,7,11H,2,4,6,8-10H2,1H3,(H,19,22). The van der Waals surface area contributed by atoms with E-state index in [4.69, 9.17) is 0 Å². The average Bonchev–Trinajstić information content (AvgIpc) is 2.98. The van der Waals surface area contributed by atoms with E-state index in [1.807, 2.05) is 0 Å². The third-order valence-corrected chi connectivity index (χ3v) is 4.59. The fourth-order valence-electron chi connectivity index (χ4n) is 2.72. The third-order valence-electron chi connectivity index (χ3n) is 3.73. The van der Waals surface area contributed by atoms with Crippen molar-refractivity contribution in [3.05, 3.63) is 22.4 Å². The lowest BCUT2D eigenvalue weighted by molar-refractivity contribution is -0.148. The summed E-state index contributed by atoms with van der Waals surface area (Å²) in [4.78, 5) is 27.3. The molecule has 1 aromatic rings. The molecule has 1 aromatic heterocycles. The highest BCUT2D eigenvalue weighted by atomic mass is 32.1. The Morgan fingerprint density at radius 3 is 2.83 bits per heavy atom. The van der Waals surface area contributed by atoms with Gasteiger partial charge in [-0.05, 0) is 30.8 Å². The molecule has 1 unspecified atom stereocenters. The molecule has 1 fully saturated rings. The second kappa shape index (κ2) is 7.98. The number of carbonyl (C=O) groups excluding carboxylic acids is 2. The van der Waals surface area contributed by atoms with Crippen LogP contribution >= 0.6 is 11.3 Å². The van der Waals surface area contributed by atoms with Crippen LogP contribution in [0, 0.1) is 0 Å². The normalized spacial score (nSPS) is 19.1. The minimum Gasteiger partial charge on any atom is -0.351 e. The summed E-state index contributed by atoms with van der Waals surface area (Å²) in [5.74, 6) is -0.608. The molecule has 1 N–H and O–H groups in total. The van der Waals surface area contributed by atoms with Crippen LogP contribution in [0.15, 0.2) is 17.5 Å². The Kier molecular flexibility index (Phi) is 6.22. The number of nitrogens with one attached hydrogen (secondary N) is 1. The van der Waals surface area contributed by atoms with Crippen LogP contribution in [-0.4, -0.2) is 67.1 Å². The average molecular weight is 363 g/mol. The van der Waals surface area contributed by atoms with Crippen LogP contribution < -0.4 is 5.32 Å². The quantitative estimate of drug-likeness (QED) is 0.870. The van der Waals surface area contributed by atoms with Crippen molar-refractivity contribution in [3.63, 3.8) is 0 Å². The molecule has 1 aliphatic rings. The molecule has 2 heterocycles. The predicted octanol–water partition coefficient (Wildman–Crippen LogP) is 1.96. The van der Waals surface area contributed by atoms with Gasteiger partial charge in [0, 0.05) is 19.6 Å². The number of nitrogens with zero attached hydrogens (tertiary/aromatic N) is 2. The zero-order valence-electron chi connectivity index (χ0n) is 13.3. The number of alkyl halides is 3. The number of carbonyl (C=O) groups is 2. The van der Waals surface area contributed by atoms with Crippen LogP contribution in [0.2, 0.25) is 0 Å². The Labute approximate surface area is 142 Å². The Bertz CT molecular complexity index is 563. The van der Waals surface area contributed by atoms with E-state index < -0.39 is 12.7 Å². The van der Waals surface area contributed by atoms with E-state index in [1.54, 1.807) is 17.5 Å². The van der Waals surface area contributed by atoms with Crippen molar-refractivity contribution in [3.8, 4) is 0 Å². The third kappa shape index (κ3) is 5.79. The maximum atomic E-state index is 12.5. The fraction of sp³-hybridized carbons (Fsp3) is 0.600. The van der Waals surface area contributed by atoms with Crippen LogP contribution in [0.25, 0.3) is 0 Å². The summed E-state index contributed by atoms with van der Waals surface area (Å²) in [6, 6.07) is 3.11. The van der Waals surface area contributed by atoms with Gasteiger partial charge in [-0.15, -0.1) is 11.3 Å². The summed E-state index contributed by atoms with van der Waals surface area (Å²) < 4.78 is 37.4. The molecule has 0 aliphatic carbocycles. The first-order chi connectivity index (χ1) is 11.2. The second-order valence-corrected chi connectivity index (χ2v) is 6.84. The first-order valence-corrected chi connectivity index (χ1v) is 8.50. The maximum absolute atomic E-state index is 12.5. The molecule has 5 nitrogen and oxygen atoms in total. The fourth-order valence-corrected chi connectivity index (χ4v) is 3.44. The molecule has 2 rings (SSSR count). The van der Waals surface area contributed by atoms with Gasteiger partial charge in [0.05, 0.1) is 18.0 Å². The highest BCUT2D eigenvalue weighted by Gasteiger charge is 2.33. The largest absolute Gasteiger partial charge is 0.401 e. The van der Waals surface area contributed by atoms with Gasteiger partial charge in [-0.2, -0.15) is 13.2 Å². The van der Waals surface area contributed by atoms with Crippen molar-refractivity contribution in [1.82, 2.24) is 15.1 Å². The number of likely N-dealkylation sites (tertiary alicyclic amines) is 1. The van der Waals surface area contributed by atoms with E-state index in [0.717, 1.165) is 0 Å². The molecule has 24 heavy (non-hydrogen) atoms. The lowest BCUT2D eigenvalue weighted by atomic mass is 10.1. The van der Waals surface area contributed by atoms with Crippen molar-refractivity contribution in [2.24, 2.45) is 0 Å². The number of hydrogen-bond donors (Lipinski definition) is 1. The van der Waals surface area contributed by atoms with Crippen LogP contribution in [0.4, 0.5) is 13.2 Å². The van der Waals surface area contributed by atoms with Crippen LogP contribution in [-0.2, 0) is 4.79 Å². The number of halogens is 3. The van der Waals surface area contributed by atoms with Gasteiger partial charge in [-0.25, -0.2) is 0 Å². The topological polar surface area (TPSA) is 52.7 Å². The van der Waals surface area contributed by atoms with Crippen molar-refractivity contribution in [2.75, 3.05) is 33.2 Å². The number of amides is 2. The number of piperidine rings is 1. The van der Waals surface area contributed by atoms with E-state index in [1.165, 1.54) is 28.2 Å². The molecule has 0 aromatic carbocycles. The molecule has 0 saturated carbocycles. The SMILES string of the molecule is CN(CC(=O)NC1CCCN(CC(F)(F)F)C1)C(=O)c1cccs1. The van der Waals surface area contributed by atoms with Gasteiger partial charge in [0.1, 0.15) is 0 Å². The maximum Gasteiger partial charge on any atom is 0.401 e. The van der Waals surface area contributed by atoms with E-state index >= 15 is 0 Å². The van der Waals surface area contributed by atoms with Crippen molar-refractivity contribution in [1.29, 1.82) is 0 Å². The summed E-state index contributed by atoms with van der Waals surface area (Å²) in [5, 5.41) is 4.50. The lowest BCUT2D eigenvalue weighted by Crippen LogP contribution is -2.51. The molecule has 9 heteroatoms. The highest BCUT2D eigenvalue weighted by Crippen LogP contribution is 2.19. The highest BCUT2D eigenvalue weighted by molar-refractivity contribution is 7.12. The Balaban J connectivity index is 1.80. The van der Waals surface area contributed by atoms with Gasteiger partial charge in [0.2, 0.25) is 5.91 Å². The van der Waals surface area contributed by atoms with Crippen LogP contribution in [0.3, 0.4) is 0 Å². The summed E-state index contributed by atoms with van der Waals surface area (Å²) >= 11 is 1.29. The molecule has 2 amide bonds. The summed E-state index contributed by atoms with van der Waals surface area (Å²) in [5.41, 5.74) is 0. The van der Waals surface area contributed by atoms with Gasteiger partial charge in [-0.3, -0.25) is 14.5 Å². The second-order valence-electron chi connectivity index (χ2n) is 5.90. The zero-order valence-corrected chi connectivity index (χ0v) is 14.1. The van der Waals surface area contributed by atoms with Gasteiger partial charge >= 0.3 is 6.18 Å². The Morgan fingerprint density at radius 2 is 2.21 bits per heavy atom. The molecular formula is C15H20F3N3O2S. The van der Waals surface area contributed by atoms with Crippen molar-refractivity contribution < 1.29 is 22.8 Å². The van der Waals surface area contributed by atoms with Gasteiger partial charge in [0.15, 0.2) is 0 Å². The molecule has 0 spiro atoms. The molecular weight excluding hydrogens is 343 g/mol. The first-order valence-electron chi connectivity index (χ1n) is 7.62. The number of likely N-dealkylation sites (N-methyl/N-ethyl adjacent to an activating group) is 1. The Hall–Kier alpha value is -1.61. The molecule has 1 saturated heterocycles. The van der Waals surface area contributed by atoms with Crippen LogP contribution in [0.1, 0.15) is 22.5 Å². The molecule has 134 valence electrons. The summed E-state index contributed by atoms with van der Waals surface area (Å²) in [6.07, 6.45) is -2.99. The van der Waals surface area contributed by atoms with Gasteiger partial charge in [0.25, 0.3) is 5.91 Å². The van der Waals surface area contributed by atoms with Crippen LogP contribution in [0.5, 0.6) is 0 Å². The molecule has 0 radical (unpaired) electrons. The zero-order chi connectivity index (χ0) is 17.7. The minimum atomic E-state index is -4.24. The van der Waals surface area contributed by atoms with Crippen molar-refractivity contribution >= 4 is 23.2 Å². The molecule has 0 bridgehead atoms. The van der Waals surface area contributed by atoms with E-state index in [-0.39, 0.29) is 30.9 Å². The molecule has 1 atom stereocenters. The minimum absolute atomic E-state index is 0.119. The smallest absolute Gasteiger partial charge is 0.351 e. The predicted molar refractivity (Wildman–Crippen MR) is 84.9 cm³/mol. The van der Waals surface area contributed by atoms with E-state index in [2.05, 4.69) is 5.32 Å². The van der Waals surface area contributed by atoms with E-state index in [0.29, 0.717) is 24.3 Å². The van der Waals surface area contributed by atoms with Gasteiger partial charge < -0.3 is 10.2 Å². The number of hydrogen-bond acceptors (Lipinski definition) is 4. The number of rotatable bonds is 5. The Morgan fingerprint density at radius 1 is 1.46 bits per heavy atom. The summed E-state index contributed by atoms with van der Waals surface area (Å²) in [7, 11) is 1.53.